The Hall–Kier alpha value is -2.37. The molecular formula is C13H13FN2O3. The highest BCUT2D eigenvalue weighted by atomic mass is 19.1. The van der Waals surface area contributed by atoms with E-state index in [0.29, 0.717) is 0 Å². The van der Waals surface area contributed by atoms with Gasteiger partial charge in [0.15, 0.2) is 0 Å². The number of benzene rings is 1. The van der Waals surface area contributed by atoms with Crippen molar-refractivity contribution in [2.75, 3.05) is 0 Å². The van der Waals surface area contributed by atoms with Crippen LogP contribution in [0.4, 0.5) is 4.39 Å². The lowest BCUT2D eigenvalue weighted by molar-refractivity contribution is 0.367. The van der Waals surface area contributed by atoms with Crippen LogP contribution in [0.2, 0.25) is 0 Å². The molecule has 0 aliphatic carbocycles. The van der Waals surface area contributed by atoms with Crippen molar-refractivity contribution in [3.8, 4) is 5.88 Å². The minimum absolute atomic E-state index is 0.0115. The van der Waals surface area contributed by atoms with Crippen LogP contribution in [0.15, 0.2) is 33.9 Å². The van der Waals surface area contributed by atoms with Crippen molar-refractivity contribution in [1.82, 2.24) is 9.55 Å². The average Bonchev–Trinajstić information content (AvgIpc) is 2.42. The summed E-state index contributed by atoms with van der Waals surface area (Å²) in [6.45, 7) is 2.00. The second kappa shape index (κ2) is 5.09. The number of hydrogen-bond acceptors (Lipinski definition) is 3. The Balaban J connectivity index is 2.40. The molecule has 1 aromatic heterocycles. The van der Waals surface area contributed by atoms with Gasteiger partial charge in [-0.3, -0.25) is 14.3 Å². The summed E-state index contributed by atoms with van der Waals surface area (Å²) < 4.78 is 14.0. The number of aromatic hydroxyl groups is 1. The zero-order chi connectivity index (χ0) is 14.0. The Bertz CT molecular complexity index is 701. The fourth-order valence-corrected chi connectivity index (χ4v) is 1.75. The van der Waals surface area contributed by atoms with Crippen LogP contribution in [0.5, 0.6) is 5.88 Å². The van der Waals surface area contributed by atoms with Crippen LogP contribution >= 0.6 is 0 Å². The predicted molar refractivity (Wildman–Crippen MR) is 67.9 cm³/mol. The average molecular weight is 264 g/mol. The number of halogens is 1. The Kier molecular flexibility index (Phi) is 3.50. The van der Waals surface area contributed by atoms with Crippen molar-refractivity contribution in [2.45, 2.75) is 19.9 Å². The summed E-state index contributed by atoms with van der Waals surface area (Å²) in [5.41, 5.74) is -0.211. The van der Waals surface area contributed by atoms with E-state index in [-0.39, 0.29) is 6.54 Å². The first kappa shape index (κ1) is 13.1. The molecule has 2 rings (SSSR count). The van der Waals surface area contributed by atoms with Crippen molar-refractivity contribution in [3.63, 3.8) is 0 Å². The van der Waals surface area contributed by atoms with Crippen molar-refractivity contribution in [2.24, 2.45) is 0 Å². The van der Waals surface area contributed by atoms with Crippen LogP contribution in [0, 0.1) is 5.82 Å². The summed E-state index contributed by atoms with van der Waals surface area (Å²) in [5.74, 6) is -2.31. The number of nitrogens with one attached hydrogen (secondary N) is 1. The van der Waals surface area contributed by atoms with Gasteiger partial charge in [0.05, 0.1) is 6.54 Å². The third-order valence-electron chi connectivity index (χ3n) is 2.89. The molecular weight excluding hydrogens is 251 g/mol. The lowest BCUT2D eigenvalue weighted by Gasteiger charge is -2.08. The standard InChI is InChI=1S/C13H13FN2O3/c1-2-8-3-5-9(6-4-8)7-16-12(18)10(14)11(17)15-13(16)19/h3-6,18H,2,7H2,1H3,(H,15,17,19). The first-order chi connectivity index (χ1) is 9.02. The van der Waals surface area contributed by atoms with Crippen LogP contribution in [0.3, 0.4) is 0 Å². The molecule has 2 aromatic rings. The summed E-state index contributed by atoms with van der Waals surface area (Å²) in [5, 5.41) is 9.49. The molecule has 0 spiro atoms. The molecule has 0 amide bonds. The highest BCUT2D eigenvalue weighted by Gasteiger charge is 2.13. The molecule has 100 valence electrons. The number of rotatable bonds is 3. The first-order valence-electron chi connectivity index (χ1n) is 5.82. The summed E-state index contributed by atoms with van der Waals surface area (Å²) in [6.07, 6.45) is 0.888. The third-order valence-corrected chi connectivity index (χ3v) is 2.89. The molecule has 6 heteroatoms. The van der Waals surface area contributed by atoms with Gasteiger partial charge >= 0.3 is 5.69 Å². The highest BCUT2D eigenvalue weighted by molar-refractivity contribution is 5.23. The zero-order valence-electron chi connectivity index (χ0n) is 10.3. The van der Waals surface area contributed by atoms with Gasteiger partial charge in [0.1, 0.15) is 0 Å². The van der Waals surface area contributed by atoms with Crippen molar-refractivity contribution in [3.05, 3.63) is 62.0 Å². The number of aromatic nitrogens is 2. The van der Waals surface area contributed by atoms with Gasteiger partial charge in [-0.15, -0.1) is 0 Å². The fourth-order valence-electron chi connectivity index (χ4n) is 1.75. The van der Waals surface area contributed by atoms with E-state index in [0.717, 1.165) is 22.1 Å². The van der Waals surface area contributed by atoms with E-state index in [1.54, 1.807) is 12.1 Å². The molecule has 0 aliphatic heterocycles. The van der Waals surface area contributed by atoms with Gasteiger partial charge in [-0.05, 0) is 17.5 Å². The number of aromatic amines is 1. The second-order valence-electron chi connectivity index (χ2n) is 4.15. The largest absolute Gasteiger partial charge is 0.492 e. The topological polar surface area (TPSA) is 75.1 Å². The van der Waals surface area contributed by atoms with E-state index in [1.807, 2.05) is 24.0 Å². The summed E-state index contributed by atoms with van der Waals surface area (Å²) >= 11 is 0. The van der Waals surface area contributed by atoms with Crippen LogP contribution in [0.25, 0.3) is 0 Å². The molecule has 0 fully saturated rings. The Morgan fingerprint density at radius 1 is 1.21 bits per heavy atom. The van der Waals surface area contributed by atoms with Crippen molar-refractivity contribution >= 4 is 0 Å². The minimum atomic E-state index is -1.36. The monoisotopic (exact) mass is 264 g/mol. The molecule has 0 atom stereocenters. The Labute approximate surface area is 108 Å². The van der Waals surface area contributed by atoms with Gasteiger partial charge in [0, 0.05) is 0 Å². The van der Waals surface area contributed by atoms with Gasteiger partial charge in [-0.25, -0.2) is 4.79 Å². The third kappa shape index (κ3) is 2.57. The molecule has 0 aliphatic rings. The molecule has 1 heterocycles. The normalized spacial score (nSPS) is 10.6. The maximum Gasteiger partial charge on any atom is 0.331 e. The highest BCUT2D eigenvalue weighted by Crippen LogP contribution is 2.11. The SMILES string of the molecule is CCc1ccc(Cn2c(O)c(F)c(=O)[nH]c2=O)cc1. The van der Waals surface area contributed by atoms with Gasteiger partial charge in [0.2, 0.25) is 11.7 Å². The summed E-state index contributed by atoms with van der Waals surface area (Å²) in [6, 6.07) is 7.35. The van der Waals surface area contributed by atoms with E-state index < -0.39 is 22.9 Å². The molecule has 0 saturated heterocycles. The van der Waals surface area contributed by atoms with E-state index in [2.05, 4.69) is 0 Å². The lowest BCUT2D eigenvalue weighted by atomic mass is 10.1. The number of aryl methyl sites for hydroxylation is 1. The number of hydrogen-bond donors (Lipinski definition) is 2. The van der Waals surface area contributed by atoms with Gasteiger partial charge in [0.25, 0.3) is 5.56 Å². The molecule has 0 unspecified atom stereocenters. The summed E-state index contributed by atoms with van der Waals surface area (Å²) in [7, 11) is 0. The minimum Gasteiger partial charge on any atom is -0.492 e. The fraction of sp³-hybridized carbons (Fsp3) is 0.231. The van der Waals surface area contributed by atoms with E-state index in [9.17, 15) is 19.1 Å². The van der Waals surface area contributed by atoms with Crippen molar-refractivity contribution < 1.29 is 9.50 Å². The lowest BCUT2D eigenvalue weighted by Crippen LogP contribution is -2.32. The molecule has 5 nitrogen and oxygen atoms in total. The number of H-pyrrole nitrogens is 1. The van der Waals surface area contributed by atoms with Gasteiger partial charge in [-0.1, -0.05) is 31.2 Å². The number of nitrogens with zero attached hydrogens (tertiary/aromatic N) is 1. The molecule has 19 heavy (non-hydrogen) atoms. The molecule has 0 radical (unpaired) electrons. The molecule has 0 bridgehead atoms. The maximum atomic E-state index is 13.2. The van der Waals surface area contributed by atoms with Gasteiger partial charge < -0.3 is 5.11 Å². The Morgan fingerprint density at radius 2 is 1.79 bits per heavy atom. The van der Waals surface area contributed by atoms with Gasteiger partial charge in [-0.2, -0.15) is 4.39 Å². The maximum absolute atomic E-state index is 13.2. The van der Waals surface area contributed by atoms with E-state index in [1.165, 1.54) is 0 Å². The second-order valence-corrected chi connectivity index (χ2v) is 4.15. The zero-order valence-corrected chi connectivity index (χ0v) is 10.3. The van der Waals surface area contributed by atoms with Crippen LogP contribution in [0.1, 0.15) is 18.1 Å². The smallest absolute Gasteiger partial charge is 0.331 e. The van der Waals surface area contributed by atoms with Crippen LogP contribution in [-0.2, 0) is 13.0 Å². The predicted octanol–water partition coefficient (Wildman–Crippen LogP) is 0.992. The summed E-state index contributed by atoms with van der Waals surface area (Å²) in [4.78, 5) is 24.3. The molecule has 1 aromatic carbocycles. The quantitative estimate of drug-likeness (QED) is 0.868. The van der Waals surface area contributed by atoms with Crippen LogP contribution in [-0.4, -0.2) is 14.7 Å². The van der Waals surface area contributed by atoms with E-state index in [4.69, 9.17) is 0 Å². The first-order valence-corrected chi connectivity index (χ1v) is 5.82. The van der Waals surface area contributed by atoms with E-state index >= 15 is 0 Å². The van der Waals surface area contributed by atoms with Crippen molar-refractivity contribution in [1.29, 1.82) is 0 Å². The molecule has 2 N–H and O–H groups in total. The Morgan fingerprint density at radius 3 is 2.37 bits per heavy atom. The van der Waals surface area contributed by atoms with Crippen LogP contribution < -0.4 is 11.2 Å². The molecule has 0 saturated carbocycles.